The SMILES string of the molecule is CC[C@H](C)[C@H](NC(=O)[C@H](Cc1ccccc1)NC(=O)[C@H](Cc1ccccc1)NC(=O)[C@@H](NC(=O)[C@H](CC(C)C)NC(=O)[C@H](CCCNC(=N)N)NC(=O)[C@H](CCCNC(=N)N)NC(=O)[C@H](C)NC(=O)[C@H](CC(C)C)NC(=O)[C@@H](N)CCCNC(=N)N)[C@@H](C)CC)C(=O)N[C@@H](CCCNC(=N)N)C(=O)N[C@@H](C)C(=O)N[C@@H](Cc1c[nH]c2ccccc12)C(=O)O. The molecule has 32 N–H and O–H groups in total. The first-order chi connectivity index (χ1) is 58.2. The van der Waals surface area contributed by atoms with Crippen LogP contribution in [0.5, 0.6) is 0 Å². The lowest BCUT2D eigenvalue weighted by Gasteiger charge is -2.31. The first-order valence-electron chi connectivity index (χ1n) is 41.8. The molecule has 0 radical (unpaired) electrons. The standard InChI is InChI=1S/C83H132N26O14/c1-11-47(7)65(77(120)102-57(32-22-36-94-81(87)88)70(113)98-50(10)68(111)107-64(79(122)123)43-53-44-97-56-31-20-19-29-54(53)56)109-76(119)63(42-52-27-17-14-18-28-52)105-74(117)62(41-51-25-15-13-16-26-51)106-78(121)66(48(8)12-2)108-75(118)61(40-46(5)6)104-72(115)59(34-24-38-96-83(91)92)101-71(114)58(33-23-37-95-82(89)90)100-67(110)49(9)99-73(116)60(39-45(3)4)103-69(112)55(84)30-21-35-93-80(85)86/h13-20,25-29,31,44-50,55,57-66,97H,11-12,21-24,30,32-43,84H2,1-10H3,(H,98,113)(H,99,116)(H,100,110)(H,101,114)(H,102,120)(H,103,112)(H,104,115)(H,105,117)(H,106,121)(H,107,111)(H,108,118)(H,109,119)(H,122,123)(H4,85,86,93)(H4,87,88,94)(H4,89,90,95)(H4,91,92,96)/t47-,48-,49-,50-,55-,57-,58-,59-,60-,61-,62-,63-,64-,65-,66-/m0/s1. The number of carboxylic acid groups (broad SMARTS) is 1. The number of aliphatic carboxylic acids is 1. The van der Waals surface area contributed by atoms with Gasteiger partial charge in [-0.05, 0) is 124 Å². The van der Waals surface area contributed by atoms with E-state index in [4.69, 9.17) is 50.3 Å². The number of carbonyl (C=O) groups is 13. The first kappa shape index (κ1) is 103. The number of nitrogens with two attached hydrogens (primary N) is 5. The molecule has 40 heteroatoms. The van der Waals surface area contributed by atoms with E-state index in [1.807, 2.05) is 26.0 Å². The molecule has 0 bridgehead atoms. The van der Waals surface area contributed by atoms with Crippen molar-refractivity contribution in [1.82, 2.24) is 90.1 Å². The Morgan fingerprint density at radius 3 is 1.07 bits per heavy atom. The molecule has 15 atom stereocenters. The van der Waals surface area contributed by atoms with Crippen molar-refractivity contribution in [2.45, 2.75) is 244 Å². The van der Waals surface area contributed by atoms with E-state index in [9.17, 15) is 48.3 Å². The van der Waals surface area contributed by atoms with Crippen LogP contribution in [-0.2, 0) is 81.6 Å². The molecular formula is C83H132N26O14. The Balaban J connectivity index is 1.65. The Morgan fingerprint density at radius 1 is 0.358 bits per heavy atom. The molecule has 0 saturated heterocycles. The summed E-state index contributed by atoms with van der Waals surface area (Å²) in [6.07, 6.45) is 2.54. The van der Waals surface area contributed by atoms with Gasteiger partial charge in [-0.15, -0.1) is 0 Å². The van der Waals surface area contributed by atoms with Crippen LogP contribution in [0.2, 0.25) is 0 Å². The molecule has 0 unspecified atom stereocenters. The molecule has 4 rings (SSSR count). The topological polar surface area (TPSA) is 676 Å². The third-order valence-electron chi connectivity index (χ3n) is 20.5. The van der Waals surface area contributed by atoms with Crippen molar-refractivity contribution in [3.05, 3.63) is 108 Å². The number of carbonyl (C=O) groups excluding carboxylic acids is 12. The minimum absolute atomic E-state index is 0.0238. The van der Waals surface area contributed by atoms with Gasteiger partial charge in [0.25, 0.3) is 0 Å². The summed E-state index contributed by atoms with van der Waals surface area (Å²) < 4.78 is 0. The number of para-hydroxylation sites is 1. The largest absolute Gasteiger partial charge is 0.480 e. The van der Waals surface area contributed by atoms with Crippen molar-refractivity contribution in [3.8, 4) is 0 Å². The fourth-order valence-corrected chi connectivity index (χ4v) is 13.2. The van der Waals surface area contributed by atoms with E-state index in [2.05, 4.69) is 90.1 Å². The number of aromatic amines is 1. The highest BCUT2D eigenvalue weighted by molar-refractivity contribution is 6.00. The van der Waals surface area contributed by atoms with Crippen LogP contribution in [0, 0.1) is 45.3 Å². The van der Waals surface area contributed by atoms with Crippen LogP contribution in [0.3, 0.4) is 0 Å². The molecule has 4 aromatic rings. The van der Waals surface area contributed by atoms with Crippen LogP contribution in [-0.4, -0.2) is 216 Å². The highest BCUT2D eigenvalue weighted by Crippen LogP contribution is 2.21. The summed E-state index contributed by atoms with van der Waals surface area (Å²) in [7, 11) is 0. The zero-order valence-corrected chi connectivity index (χ0v) is 72.1. The number of fused-ring (bicyclic) bond motifs is 1. The second-order valence-corrected chi connectivity index (χ2v) is 31.8. The van der Waals surface area contributed by atoms with Gasteiger partial charge < -0.3 is 124 Å². The van der Waals surface area contributed by atoms with E-state index in [1.54, 1.807) is 121 Å². The second kappa shape index (κ2) is 53.2. The number of guanidine groups is 4. The molecule has 40 nitrogen and oxygen atoms in total. The zero-order valence-electron chi connectivity index (χ0n) is 72.1. The molecule has 0 aliphatic carbocycles. The van der Waals surface area contributed by atoms with E-state index >= 15 is 19.2 Å². The van der Waals surface area contributed by atoms with Crippen LogP contribution in [0.1, 0.15) is 163 Å². The van der Waals surface area contributed by atoms with E-state index < -0.39 is 167 Å². The first-order valence-corrected chi connectivity index (χ1v) is 41.8. The third kappa shape index (κ3) is 37.5. The van der Waals surface area contributed by atoms with Gasteiger partial charge in [-0.2, -0.15) is 0 Å². The fraction of sp³-hybridized carbons (Fsp3) is 0.554. The molecule has 1 aromatic heterocycles. The molecule has 1 heterocycles. The lowest BCUT2D eigenvalue weighted by molar-refractivity contribution is -0.142. The van der Waals surface area contributed by atoms with Gasteiger partial charge in [0.1, 0.15) is 72.5 Å². The van der Waals surface area contributed by atoms with Crippen molar-refractivity contribution >= 4 is 112 Å². The molecule has 0 fully saturated rings. The lowest BCUT2D eigenvalue weighted by atomic mass is 9.95. The van der Waals surface area contributed by atoms with E-state index in [0.717, 1.165) is 10.9 Å². The number of rotatable bonds is 55. The average Bonchev–Trinajstić information content (AvgIpc) is 1.73. The molecule has 12 amide bonds. The number of H-pyrrole nitrogens is 1. The lowest BCUT2D eigenvalue weighted by Crippen LogP contribution is -2.62. The normalized spacial score (nSPS) is 14.8. The van der Waals surface area contributed by atoms with E-state index in [1.165, 1.54) is 13.8 Å². The third-order valence-corrected chi connectivity index (χ3v) is 20.5. The minimum Gasteiger partial charge on any atom is -0.480 e. The molecule has 0 spiro atoms. The van der Waals surface area contributed by atoms with Gasteiger partial charge in [0, 0.05) is 62.5 Å². The number of benzene rings is 3. The summed E-state index contributed by atoms with van der Waals surface area (Å²) >= 11 is 0. The van der Waals surface area contributed by atoms with Gasteiger partial charge in [-0.3, -0.25) is 79.2 Å². The van der Waals surface area contributed by atoms with Gasteiger partial charge in [0.2, 0.25) is 70.9 Å². The van der Waals surface area contributed by atoms with Crippen LogP contribution < -0.4 is 114 Å². The Labute approximate surface area is 718 Å². The van der Waals surface area contributed by atoms with Gasteiger partial charge in [-0.25, -0.2) is 4.79 Å². The summed E-state index contributed by atoms with van der Waals surface area (Å²) in [4.78, 5) is 190. The van der Waals surface area contributed by atoms with Crippen LogP contribution >= 0.6 is 0 Å². The predicted molar refractivity (Wildman–Crippen MR) is 467 cm³/mol. The van der Waals surface area contributed by atoms with Crippen molar-refractivity contribution in [2.75, 3.05) is 26.2 Å². The van der Waals surface area contributed by atoms with Crippen molar-refractivity contribution < 1.29 is 67.4 Å². The Morgan fingerprint density at radius 2 is 0.667 bits per heavy atom. The molecule has 0 aliphatic rings. The number of aromatic nitrogens is 1. The van der Waals surface area contributed by atoms with Crippen LogP contribution in [0.25, 0.3) is 10.9 Å². The maximum absolute atomic E-state index is 15.3. The smallest absolute Gasteiger partial charge is 0.326 e. The van der Waals surface area contributed by atoms with E-state index in [-0.39, 0.29) is 145 Å². The maximum Gasteiger partial charge on any atom is 0.326 e. The molecule has 678 valence electrons. The molecule has 3 aromatic carbocycles. The fourth-order valence-electron chi connectivity index (χ4n) is 13.2. The highest BCUT2D eigenvalue weighted by atomic mass is 16.4. The van der Waals surface area contributed by atoms with Gasteiger partial charge in [0.05, 0.1) is 6.04 Å². The van der Waals surface area contributed by atoms with Crippen LogP contribution in [0.4, 0.5) is 0 Å². The second-order valence-electron chi connectivity index (χ2n) is 31.8. The Hall–Kier alpha value is -12.7. The average molecular weight is 1720 g/mol. The van der Waals surface area contributed by atoms with Crippen LogP contribution in [0.15, 0.2) is 91.1 Å². The Kier molecular flexibility index (Phi) is 44.4. The quantitative estimate of drug-likeness (QED) is 0.0139. The molecular weight excluding hydrogens is 1590 g/mol. The van der Waals surface area contributed by atoms with Gasteiger partial charge >= 0.3 is 5.97 Å². The number of nitrogens with one attached hydrogen (secondary N) is 21. The van der Waals surface area contributed by atoms with Gasteiger partial charge in [0.15, 0.2) is 23.8 Å². The van der Waals surface area contributed by atoms with Crippen molar-refractivity contribution in [2.24, 2.45) is 52.3 Å². The van der Waals surface area contributed by atoms with E-state index in [0.29, 0.717) is 29.5 Å². The molecule has 123 heavy (non-hydrogen) atoms. The Bertz CT molecular complexity index is 4190. The minimum atomic E-state index is -1.47. The summed E-state index contributed by atoms with van der Waals surface area (Å²) in [6.45, 7) is 17.3. The molecule has 0 saturated carbocycles. The highest BCUT2D eigenvalue weighted by Gasteiger charge is 2.39. The predicted octanol–water partition coefficient (Wildman–Crippen LogP) is -1.30. The summed E-state index contributed by atoms with van der Waals surface area (Å²) in [5, 5.41) is 84.5. The number of amides is 12. The van der Waals surface area contributed by atoms with Crippen molar-refractivity contribution in [3.63, 3.8) is 0 Å². The van der Waals surface area contributed by atoms with Crippen molar-refractivity contribution in [1.29, 1.82) is 21.6 Å². The van der Waals surface area contributed by atoms with Gasteiger partial charge in [-0.1, -0.05) is 147 Å². The number of hydrogen-bond acceptors (Lipinski definition) is 18. The zero-order chi connectivity index (χ0) is 91.6. The summed E-state index contributed by atoms with van der Waals surface area (Å²) in [5.74, 6) is -14.3. The maximum atomic E-state index is 15.3. The number of carboxylic acids is 1. The monoisotopic (exact) mass is 1720 g/mol. The summed E-state index contributed by atoms with van der Waals surface area (Å²) in [5.41, 5.74) is 30.7. The molecule has 0 aliphatic heterocycles. The number of hydrogen-bond donors (Lipinski definition) is 27. The summed E-state index contributed by atoms with van der Waals surface area (Å²) in [6, 6.07) is 6.82.